The Labute approximate surface area is 165 Å². The van der Waals surface area contributed by atoms with Gasteiger partial charge in [0.25, 0.3) is 5.56 Å². The molecular formula is C18H17N5O5S. The van der Waals surface area contributed by atoms with E-state index in [0.29, 0.717) is 5.69 Å². The minimum absolute atomic E-state index is 0.132. The average molecular weight is 415 g/mol. The second-order valence-corrected chi connectivity index (χ2v) is 8.53. The van der Waals surface area contributed by atoms with Gasteiger partial charge >= 0.3 is 0 Å². The molecule has 0 bridgehead atoms. The van der Waals surface area contributed by atoms with Crippen LogP contribution in [0.5, 0.6) is 0 Å². The highest BCUT2D eigenvalue weighted by Crippen LogP contribution is 2.32. The van der Waals surface area contributed by atoms with Crippen molar-refractivity contribution in [2.45, 2.75) is 17.7 Å². The molecule has 11 heteroatoms. The number of pyridine rings is 1. The molecule has 0 radical (unpaired) electrons. The first kappa shape index (κ1) is 19.0. The van der Waals surface area contributed by atoms with Gasteiger partial charge in [0.05, 0.1) is 16.4 Å². The minimum Gasteiger partial charge on any atom is -0.339 e. The van der Waals surface area contributed by atoms with E-state index in [0.717, 1.165) is 0 Å². The van der Waals surface area contributed by atoms with Gasteiger partial charge in [0.15, 0.2) is 0 Å². The third kappa shape index (κ3) is 3.69. The molecule has 0 atom stereocenters. The predicted molar refractivity (Wildman–Crippen MR) is 103 cm³/mol. The van der Waals surface area contributed by atoms with Gasteiger partial charge in [-0.3, -0.25) is 9.59 Å². The van der Waals surface area contributed by atoms with Crippen molar-refractivity contribution < 1.29 is 17.7 Å². The van der Waals surface area contributed by atoms with Gasteiger partial charge < -0.3 is 14.8 Å². The lowest BCUT2D eigenvalue weighted by molar-refractivity contribution is -0.114. The number of aromatic nitrogens is 3. The number of anilines is 1. The normalized spacial score (nSPS) is 15.1. The van der Waals surface area contributed by atoms with Crippen molar-refractivity contribution in [2.75, 3.05) is 18.4 Å². The lowest BCUT2D eigenvalue weighted by Gasteiger charge is -2.35. The van der Waals surface area contributed by atoms with E-state index in [4.69, 9.17) is 4.52 Å². The van der Waals surface area contributed by atoms with Crippen LogP contribution in [0.1, 0.15) is 18.7 Å². The van der Waals surface area contributed by atoms with Crippen molar-refractivity contribution in [3.05, 3.63) is 58.8 Å². The summed E-state index contributed by atoms with van der Waals surface area (Å²) in [4.78, 5) is 29.8. The monoisotopic (exact) mass is 415 g/mol. The number of benzene rings is 1. The fourth-order valence-corrected chi connectivity index (χ4v) is 4.49. The van der Waals surface area contributed by atoms with Crippen LogP contribution >= 0.6 is 0 Å². The van der Waals surface area contributed by atoms with Crippen molar-refractivity contribution in [1.29, 1.82) is 0 Å². The zero-order chi connectivity index (χ0) is 20.6. The van der Waals surface area contributed by atoms with Crippen LogP contribution in [0, 0.1) is 0 Å². The highest BCUT2D eigenvalue weighted by atomic mass is 32.2. The quantitative estimate of drug-likeness (QED) is 0.638. The number of carbonyl (C=O) groups is 1. The largest absolute Gasteiger partial charge is 0.339 e. The molecule has 0 unspecified atom stereocenters. The zero-order valence-corrected chi connectivity index (χ0v) is 16.1. The first-order valence-electron chi connectivity index (χ1n) is 8.74. The Morgan fingerprint density at radius 1 is 1.24 bits per heavy atom. The number of aromatic amines is 1. The fraction of sp³-hybridized carbons (Fsp3) is 0.222. The Bertz CT molecular complexity index is 1210. The third-order valence-corrected chi connectivity index (χ3v) is 6.36. The number of H-pyrrole nitrogens is 1. The van der Waals surface area contributed by atoms with Gasteiger partial charge in [0.1, 0.15) is 0 Å². The number of carbonyl (C=O) groups excluding carboxylic acids is 1. The molecular weight excluding hydrogens is 398 g/mol. The van der Waals surface area contributed by atoms with E-state index in [2.05, 4.69) is 20.4 Å². The Morgan fingerprint density at radius 3 is 2.62 bits per heavy atom. The second kappa shape index (κ2) is 7.26. The summed E-state index contributed by atoms with van der Waals surface area (Å²) >= 11 is 0. The molecule has 0 spiro atoms. The third-order valence-electron chi connectivity index (χ3n) is 4.51. The molecule has 1 aromatic carbocycles. The predicted octanol–water partition coefficient (Wildman–Crippen LogP) is 1.17. The summed E-state index contributed by atoms with van der Waals surface area (Å²) in [5, 5.41) is 6.41. The standard InChI is InChI=1S/C18H17N5O5S/c1-11(24)20-13-4-6-14(7-5-13)29(26,27)23-9-12(10-23)18-21-16(22-28-18)15-3-2-8-19-17(15)25/h2-8,12H,9-10H2,1H3,(H,19,25)(H,20,24). The van der Waals surface area contributed by atoms with E-state index in [1.165, 1.54) is 41.7 Å². The molecule has 3 aromatic rings. The molecule has 2 aromatic heterocycles. The molecule has 2 N–H and O–H groups in total. The topological polar surface area (TPSA) is 138 Å². The average Bonchev–Trinajstić information content (AvgIpc) is 3.10. The molecule has 1 fully saturated rings. The number of rotatable bonds is 5. The van der Waals surface area contributed by atoms with Crippen LogP contribution in [0.3, 0.4) is 0 Å². The molecule has 1 saturated heterocycles. The van der Waals surface area contributed by atoms with E-state index in [-0.39, 0.29) is 52.6 Å². The Hall–Kier alpha value is -3.31. The molecule has 1 aliphatic rings. The maximum absolute atomic E-state index is 12.7. The summed E-state index contributed by atoms with van der Waals surface area (Å²) in [7, 11) is -3.66. The molecule has 1 amide bonds. The molecule has 150 valence electrons. The van der Waals surface area contributed by atoms with Crippen LogP contribution in [0.2, 0.25) is 0 Å². The lowest BCUT2D eigenvalue weighted by atomic mass is 10.0. The molecule has 0 aliphatic carbocycles. The van der Waals surface area contributed by atoms with E-state index in [9.17, 15) is 18.0 Å². The lowest BCUT2D eigenvalue weighted by Crippen LogP contribution is -2.48. The second-order valence-electron chi connectivity index (χ2n) is 6.59. The van der Waals surface area contributed by atoms with Gasteiger partial charge in [-0.05, 0) is 36.4 Å². The van der Waals surface area contributed by atoms with Gasteiger partial charge in [0.2, 0.25) is 27.6 Å². The van der Waals surface area contributed by atoms with Crippen LogP contribution in [-0.4, -0.2) is 46.8 Å². The number of nitrogens with zero attached hydrogens (tertiary/aromatic N) is 3. The molecule has 3 heterocycles. The van der Waals surface area contributed by atoms with Crippen molar-refractivity contribution in [1.82, 2.24) is 19.4 Å². The van der Waals surface area contributed by atoms with E-state index in [1.807, 2.05) is 0 Å². The highest BCUT2D eigenvalue weighted by Gasteiger charge is 2.40. The van der Waals surface area contributed by atoms with Crippen molar-refractivity contribution >= 4 is 21.6 Å². The van der Waals surface area contributed by atoms with Crippen molar-refractivity contribution in [2.24, 2.45) is 0 Å². The van der Waals surface area contributed by atoms with Crippen LogP contribution < -0.4 is 10.9 Å². The van der Waals surface area contributed by atoms with Crippen LogP contribution in [-0.2, 0) is 14.8 Å². The van der Waals surface area contributed by atoms with Gasteiger partial charge in [-0.15, -0.1) is 0 Å². The van der Waals surface area contributed by atoms with Gasteiger partial charge in [-0.1, -0.05) is 5.16 Å². The number of sulfonamides is 1. The van der Waals surface area contributed by atoms with E-state index >= 15 is 0 Å². The Morgan fingerprint density at radius 2 is 1.97 bits per heavy atom. The van der Waals surface area contributed by atoms with Crippen molar-refractivity contribution in [3.8, 4) is 11.4 Å². The first-order valence-corrected chi connectivity index (χ1v) is 10.2. The number of nitrogens with one attached hydrogen (secondary N) is 2. The molecule has 1 aliphatic heterocycles. The van der Waals surface area contributed by atoms with Crippen molar-refractivity contribution in [3.63, 3.8) is 0 Å². The molecule has 4 rings (SSSR count). The van der Waals surface area contributed by atoms with Crippen LogP contribution in [0.25, 0.3) is 11.4 Å². The summed E-state index contributed by atoms with van der Waals surface area (Å²) in [6.07, 6.45) is 1.50. The summed E-state index contributed by atoms with van der Waals surface area (Å²) in [5.41, 5.74) is 0.471. The Kier molecular flexibility index (Phi) is 4.76. The van der Waals surface area contributed by atoms with Gasteiger partial charge in [0, 0.05) is 31.9 Å². The Balaban J connectivity index is 1.45. The number of hydrogen-bond donors (Lipinski definition) is 2. The summed E-state index contributed by atoms with van der Waals surface area (Å²) in [6, 6.07) is 9.19. The maximum Gasteiger partial charge on any atom is 0.259 e. The van der Waals surface area contributed by atoms with Crippen LogP contribution in [0.4, 0.5) is 5.69 Å². The summed E-state index contributed by atoms with van der Waals surface area (Å²) in [5.74, 6) is -0.0255. The van der Waals surface area contributed by atoms with Gasteiger partial charge in [-0.2, -0.15) is 9.29 Å². The molecule has 29 heavy (non-hydrogen) atoms. The summed E-state index contributed by atoms with van der Waals surface area (Å²) < 4.78 is 32.0. The zero-order valence-electron chi connectivity index (χ0n) is 15.3. The number of amides is 1. The highest BCUT2D eigenvalue weighted by molar-refractivity contribution is 7.89. The number of hydrogen-bond acceptors (Lipinski definition) is 7. The fourth-order valence-electron chi connectivity index (χ4n) is 2.96. The summed E-state index contributed by atoms with van der Waals surface area (Å²) in [6.45, 7) is 1.77. The first-order chi connectivity index (χ1) is 13.8. The molecule has 10 nitrogen and oxygen atoms in total. The maximum atomic E-state index is 12.7. The van der Waals surface area contributed by atoms with E-state index < -0.39 is 10.0 Å². The van der Waals surface area contributed by atoms with Crippen LogP contribution in [0.15, 0.2) is 56.8 Å². The SMILES string of the molecule is CC(=O)Nc1ccc(S(=O)(=O)N2CC(c3nc(-c4ccc[nH]c4=O)no3)C2)cc1. The minimum atomic E-state index is -3.66. The smallest absolute Gasteiger partial charge is 0.259 e. The van der Waals surface area contributed by atoms with Gasteiger partial charge in [-0.25, -0.2) is 8.42 Å². The van der Waals surface area contributed by atoms with E-state index in [1.54, 1.807) is 12.1 Å². The molecule has 0 saturated carbocycles.